The number of ether oxygens (including phenoxy) is 1. The van der Waals surface area contributed by atoms with Gasteiger partial charge in [0.2, 0.25) is 0 Å². The molecule has 4 aromatic carbocycles. The van der Waals surface area contributed by atoms with E-state index in [1.165, 1.54) is 0 Å². The highest BCUT2D eigenvalue weighted by Crippen LogP contribution is 2.39. The molecule has 0 saturated carbocycles. The number of hydrogen-bond donors (Lipinski definition) is 0. The Morgan fingerprint density at radius 3 is 2.34 bits per heavy atom. The van der Waals surface area contributed by atoms with Crippen LogP contribution in [0.1, 0.15) is 11.1 Å². The first kappa shape index (κ1) is 23.8. The monoisotopic (exact) mass is 539 g/mol. The molecule has 0 N–H and O–H groups in total. The number of halogens is 3. The average molecular weight is 541 g/mol. The fourth-order valence-corrected chi connectivity index (χ4v) is 5.46. The molecule has 174 valence electrons. The fraction of sp³-hybridized carbons (Fsp3) is 0.0370. The number of fused-ring (bicyclic) bond motifs is 1. The molecule has 5 rings (SSSR count). The van der Waals surface area contributed by atoms with E-state index >= 15 is 0 Å². The highest BCUT2D eigenvalue weighted by atomic mass is 35.5. The van der Waals surface area contributed by atoms with Gasteiger partial charge < -0.3 is 4.74 Å². The summed E-state index contributed by atoms with van der Waals surface area (Å²) in [6.45, 7) is 0.290. The Labute approximate surface area is 221 Å². The van der Waals surface area contributed by atoms with Gasteiger partial charge in [-0.15, -0.1) is 0 Å². The van der Waals surface area contributed by atoms with E-state index in [0.717, 1.165) is 33.0 Å². The maximum absolute atomic E-state index is 12.9. The largest absolute Gasteiger partial charge is 0.486 e. The number of carbonyl (C=O) groups excluding carboxylic acids is 2. The summed E-state index contributed by atoms with van der Waals surface area (Å²) in [6.07, 6.45) is 1.59. The van der Waals surface area contributed by atoms with E-state index in [1.54, 1.807) is 42.5 Å². The average Bonchev–Trinajstić information content (AvgIpc) is 3.11. The number of benzene rings is 4. The topological polar surface area (TPSA) is 46.6 Å². The molecule has 1 heterocycles. The van der Waals surface area contributed by atoms with Crippen molar-refractivity contribution in [1.82, 2.24) is 0 Å². The van der Waals surface area contributed by atoms with Gasteiger partial charge >= 0.3 is 0 Å². The SMILES string of the molecule is O=C1S/C(=C/c2cc(Cl)c(OCc3cccc4ccccc34)c(Cl)c2)C(=O)N1c1cccc(Cl)c1. The third-order valence-electron chi connectivity index (χ3n) is 5.43. The van der Waals surface area contributed by atoms with Gasteiger partial charge in [-0.2, -0.15) is 0 Å². The van der Waals surface area contributed by atoms with Crippen LogP contribution in [0, 0.1) is 0 Å². The number of nitrogens with zero attached hydrogens (tertiary/aromatic N) is 1. The minimum absolute atomic E-state index is 0.256. The molecule has 1 aliphatic rings. The van der Waals surface area contributed by atoms with Crippen LogP contribution in [0.5, 0.6) is 5.75 Å². The number of thioether (sulfide) groups is 1. The van der Waals surface area contributed by atoms with Gasteiger partial charge in [-0.3, -0.25) is 9.59 Å². The molecule has 0 unspecified atom stereocenters. The molecule has 0 atom stereocenters. The normalized spacial score (nSPS) is 14.8. The Balaban J connectivity index is 1.38. The highest BCUT2D eigenvalue weighted by Gasteiger charge is 2.36. The fourth-order valence-electron chi connectivity index (χ4n) is 3.83. The van der Waals surface area contributed by atoms with Crippen molar-refractivity contribution in [3.05, 3.63) is 110 Å². The Kier molecular flexibility index (Phi) is 6.76. The first-order valence-electron chi connectivity index (χ1n) is 10.5. The summed E-state index contributed by atoms with van der Waals surface area (Å²) >= 11 is 19.8. The third-order valence-corrected chi connectivity index (χ3v) is 7.10. The van der Waals surface area contributed by atoms with Gasteiger partial charge in [-0.25, -0.2) is 4.90 Å². The zero-order valence-corrected chi connectivity index (χ0v) is 21.1. The zero-order valence-electron chi connectivity index (χ0n) is 18.0. The molecule has 0 radical (unpaired) electrons. The second-order valence-corrected chi connectivity index (χ2v) is 9.98. The molecule has 0 aromatic heterocycles. The number of amides is 2. The molecule has 1 aliphatic heterocycles. The lowest BCUT2D eigenvalue weighted by Gasteiger charge is -2.13. The Hall–Kier alpha value is -2.96. The van der Waals surface area contributed by atoms with Crippen molar-refractivity contribution >= 4 is 80.2 Å². The van der Waals surface area contributed by atoms with Crippen LogP contribution in [0.2, 0.25) is 15.1 Å². The summed E-state index contributed by atoms with van der Waals surface area (Å²) in [4.78, 5) is 26.8. The summed E-state index contributed by atoms with van der Waals surface area (Å²) in [6, 6.07) is 23.9. The van der Waals surface area contributed by atoms with Crippen LogP contribution in [-0.2, 0) is 11.4 Å². The van der Waals surface area contributed by atoms with Gasteiger partial charge in [0.1, 0.15) is 6.61 Å². The first-order chi connectivity index (χ1) is 16.9. The van der Waals surface area contributed by atoms with Crippen molar-refractivity contribution in [3.63, 3.8) is 0 Å². The van der Waals surface area contributed by atoms with Crippen molar-refractivity contribution in [3.8, 4) is 5.75 Å². The summed E-state index contributed by atoms with van der Waals surface area (Å²) in [7, 11) is 0. The van der Waals surface area contributed by atoms with E-state index in [4.69, 9.17) is 39.5 Å². The minimum Gasteiger partial charge on any atom is -0.486 e. The van der Waals surface area contributed by atoms with E-state index in [1.807, 2.05) is 42.5 Å². The third kappa shape index (κ3) is 4.91. The maximum Gasteiger partial charge on any atom is 0.298 e. The van der Waals surface area contributed by atoms with Crippen molar-refractivity contribution in [1.29, 1.82) is 0 Å². The molecule has 2 amide bonds. The maximum atomic E-state index is 12.9. The molecule has 0 bridgehead atoms. The summed E-state index contributed by atoms with van der Waals surface area (Å²) in [5.41, 5.74) is 2.00. The van der Waals surface area contributed by atoms with Crippen LogP contribution < -0.4 is 9.64 Å². The lowest BCUT2D eigenvalue weighted by atomic mass is 10.1. The Morgan fingerprint density at radius 2 is 1.57 bits per heavy atom. The lowest BCUT2D eigenvalue weighted by Crippen LogP contribution is -2.27. The molecule has 8 heteroatoms. The zero-order chi connectivity index (χ0) is 24.5. The summed E-state index contributed by atoms with van der Waals surface area (Å²) in [5, 5.41) is 2.84. The Morgan fingerprint density at radius 1 is 0.857 bits per heavy atom. The van der Waals surface area contributed by atoms with Gasteiger partial charge in [-0.1, -0.05) is 83.3 Å². The second kappa shape index (κ2) is 9.96. The van der Waals surface area contributed by atoms with Gasteiger partial charge in [-0.05, 0) is 70.1 Å². The number of imide groups is 1. The van der Waals surface area contributed by atoms with E-state index in [2.05, 4.69) is 0 Å². The molecule has 1 saturated heterocycles. The molecule has 0 aliphatic carbocycles. The van der Waals surface area contributed by atoms with Crippen LogP contribution in [0.25, 0.3) is 16.8 Å². The van der Waals surface area contributed by atoms with E-state index in [9.17, 15) is 9.59 Å². The first-order valence-corrected chi connectivity index (χ1v) is 12.5. The van der Waals surface area contributed by atoms with Crippen molar-refractivity contribution in [2.75, 3.05) is 4.90 Å². The van der Waals surface area contributed by atoms with Crippen LogP contribution in [0.3, 0.4) is 0 Å². The molecule has 35 heavy (non-hydrogen) atoms. The van der Waals surface area contributed by atoms with E-state index in [-0.39, 0.29) is 4.91 Å². The predicted octanol–water partition coefficient (Wildman–Crippen LogP) is 8.62. The van der Waals surface area contributed by atoms with E-state index in [0.29, 0.717) is 38.7 Å². The summed E-state index contributed by atoms with van der Waals surface area (Å²) in [5.74, 6) is -0.0868. The van der Waals surface area contributed by atoms with Crippen LogP contribution >= 0.6 is 46.6 Å². The molecular weight excluding hydrogens is 525 g/mol. The Bertz CT molecular complexity index is 1490. The van der Waals surface area contributed by atoms with Gasteiger partial charge in [0.25, 0.3) is 11.1 Å². The summed E-state index contributed by atoms with van der Waals surface area (Å²) < 4.78 is 5.98. The van der Waals surface area contributed by atoms with Crippen LogP contribution in [-0.4, -0.2) is 11.1 Å². The highest BCUT2D eigenvalue weighted by molar-refractivity contribution is 8.19. The van der Waals surface area contributed by atoms with E-state index < -0.39 is 11.1 Å². The molecule has 4 aromatic rings. The second-order valence-electron chi connectivity index (χ2n) is 7.74. The predicted molar refractivity (Wildman–Crippen MR) is 145 cm³/mol. The van der Waals surface area contributed by atoms with Gasteiger partial charge in [0, 0.05) is 5.02 Å². The number of hydrogen-bond acceptors (Lipinski definition) is 4. The smallest absolute Gasteiger partial charge is 0.298 e. The molecule has 1 fully saturated rings. The molecule has 0 spiro atoms. The minimum atomic E-state index is -0.439. The van der Waals surface area contributed by atoms with Gasteiger partial charge in [0.05, 0.1) is 20.6 Å². The van der Waals surface area contributed by atoms with Gasteiger partial charge in [0.15, 0.2) is 5.75 Å². The quantitative estimate of drug-likeness (QED) is 0.238. The van der Waals surface area contributed by atoms with Crippen molar-refractivity contribution in [2.45, 2.75) is 6.61 Å². The molecular formula is C27H16Cl3NO3S. The number of carbonyl (C=O) groups is 2. The van der Waals surface area contributed by atoms with Crippen molar-refractivity contribution in [2.24, 2.45) is 0 Å². The number of anilines is 1. The van der Waals surface area contributed by atoms with Crippen LogP contribution in [0.4, 0.5) is 10.5 Å². The molecule has 4 nitrogen and oxygen atoms in total. The number of rotatable bonds is 5. The van der Waals surface area contributed by atoms with Crippen molar-refractivity contribution < 1.29 is 14.3 Å². The lowest BCUT2D eigenvalue weighted by molar-refractivity contribution is -0.113. The standard InChI is InChI=1S/C27H16Cl3NO3S/c28-19-8-4-9-20(14-19)31-26(32)24(35-27(31)33)13-16-11-22(29)25(23(30)12-16)34-15-18-7-3-6-17-5-1-2-10-21(17)18/h1-14H,15H2/b24-13+. The van der Waals surface area contributed by atoms with Crippen LogP contribution in [0.15, 0.2) is 83.8 Å².